The summed E-state index contributed by atoms with van der Waals surface area (Å²) in [7, 11) is 0. The third-order valence-electron chi connectivity index (χ3n) is 5.52. The average Bonchev–Trinajstić information content (AvgIpc) is 2.54. The van der Waals surface area contributed by atoms with Crippen LogP contribution >= 0.6 is 0 Å². The number of aromatic nitrogens is 1. The van der Waals surface area contributed by atoms with E-state index in [0.29, 0.717) is 44.3 Å². The summed E-state index contributed by atoms with van der Waals surface area (Å²) in [6.45, 7) is 1.60. The van der Waals surface area contributed by atoms with Gasteiger partial charge in [0.05, 0.1) is 12.2 Å². The number of amides is 2. The van der Waals surface area contributed by atoms with E-state index in [1.165, 1.54) is 38.5 Å². The first-order chi connectivity index (χ1) is 12.2. The Morgan fingerprint density at radius 3 is 2.40 bits per heavy atom. The number of nitrogens with zero attached hydrogens (tertiary/aromatic N) is 2. The Morgan fingerprint density at radius 2 is 1.80 bits per heavy atom. The molecule has 2 aliphatic carbocycles. The summed E-state index contributed by atoms with van der Waals surface area (Å²) >= 11 is 0. The van der Waals surface area contributed by atoms with E-state index in [4.69, 9.17) is 0 Å². The smallest absolute Gasteiger partial charge is 0.223 e. The Kier molecular flexibility index (Phi) is 6.42. The number of pyridine rings is 1. The van der Waals surface area contributed by atoms with Gasteiger partial charge >= 0.3 is 0 Å². The molecule has 0 atom stereocenters. The fraction of sp³-hybridized carbons (Fsp3) is 0.650. The molecule has 25 heavy (non-hydrogen) atoms. The molecule has 0 unspecified atom stereocenters. The van der Waals surface area contributed by atoms with E-state index in [-0.39, 0.29) is 11.8 Å². The molecule has 2 amide bonds. The van der Waals surface area contributed by atoms with Crippen molar-refractivity contribution in [1.82, 2.24) is 15.2 Å². The number of carbonyl (C=O) groups is 2. The van der Waals surface area contributed by atoms with Gasteiger partial charge in [-0.25, -0.2) is 0 Å². The van der Waals surface area contributed by atoms with Crippen LogP contribution in [-0.2, 0) is 16.1 Å². The van der Waals surface area contributed by atoms with E-state index < -0.39 is 0 Å². The van der Waals surface area contributed by atoms with E-state index in [1.54, 1.807) is 6.20 Å². The van der Waals surface area contributed by atoms with Crippen LogP contribution in [-0.4, -0.2) is 34.8 Å². The molecule has 2 saturated carbocycles. The first kappa shape index (κ1) is 17.9. The molecule has 0 aromatic carbocycles. The van der Waals surface area contributed by atoms with Gasteiger partial charge in [-0.2, -0.15) is 0 Å². The standard InChI is InChI=1S/C20H29N3O2/c24-19(13-16-5-3-6-16)22-11-12-23(15-18-9-1-2-10-21-18)20(25)14-17-7-4-8-17/h1-2,9-10,16-17H,3-8,11-15H2,(H,22,24). The number of hydrogen-bond acceptors (Lipinski definition) is 3. The molecule has 1 heterocycles. The van der Waals surface area contributed by atoms with Gasteiger partial charge in [0.25, 0.3) is 0 Å². The number of rotatable bonds is 9. The third kappa shape index (κ3) is 5.55. The van der Waals surface area contributed by atoms with E-state index in [2.05, 4.69) is 10.3 Å². The molecule has 5 nitrogen and oxygen atoms in total. The van der Waals surface area contributed by atoms with Crippen molar-refractivity contribution in [3.63, 3.8) is 0 Å². The Hall–Kier alpha value is -1.91. The lowest BCUT2D eigenvalue weighted by molar-refractivity contribution is -0.134. The molecule has 1 aromatic heterocycles. The number of nitrogens with one attached hydrogen (secondary N) is 1. The molecule has 0 saturated heterocycles. The van der Waals surface area contributed by atoms with Crippen LogP contribution in [0.15, 0.2) is 24.4 Å². The lowest BCUT2D eigenvalue weighted by Gasteiger charge is -2.29. The number of hydrogen-bond donors (Lipinski definition) is 1. The minimum Gasteiger partial charge on any atom is -0.354 e. The van der Waals surface area contributed by atoms with Crippen molar-refractivity contribution in [3.05, 3.63) is 30.1 Å². The fourth-order valence-corrected chi connectivity index (χ4v) is 3.41. The van der Waals surface area contributed by atoms with Crippen LogP contribution in [0.1, 0.15) is 57.1 Å². The summed E-state index contributed by atoms with van der Waals surface area (Å²) in [4.78, 5) is 30.8. The van der Waals surface area contributed by atoms with Crippen LogP contribution in [0.25, 0.3) is 0 Å². The second kappa shape index (κ2) is 8.97. The van der Waals surface area contributed by atoms with E-state index in [9.17, 15) is 9.59 Å². The van der Waals surface area contributed by atoms with Gasteiger partial charge in [-0.3, -0.25) is 14.6 Å². The summed E-state index contributed by atoms with van der Waals surface area (Å²) in [5.41, 5.74) is 0.894. The van der Waals surface area contributed by atoms with Crippen LogP contribution in [0, 0.1) is 11.8 Å². The van der Waals surface area contributed by atoms with Crippen molar-refractivity contribution in [3.8, 4) is 0 Å². The van der Waals surface area contributed by atoms with Crippen molar-refractivity contribution in [2.75, 3.05) is 13.1 Å². The highest BCUT2D eigenvalue weighted by Crippen LogP contribution is 2.30. The quantitative estimate of drug-likeness (QED) is 0.750. The Labute approximate surface area is 150 Å². The largest absolute Gasteiger partial charge is 0.354 e. The zero-order chi connectivity index (χ0) is 17.5. The minimum absolute atomic E-state index is 0.119. The SMILES string of the molecule is O=C(CC1CCC1)NCCN(Cc1ccccn1)C(=O)CC1CCC1. The monoisotopic (exact) mass is 343 g/mol. The van der Waals surface area contributed by atoms with Crippen molar-refractivity contribution < 1.29 is 9.59 Å². The molecule has 0 bridgehead atoms. The molecule has 3 rings (SSSR count). The lowest BCUT2D eigenvalue weighted by atomic mass is 9.82. The second-order valence-corrected chi connectivity index (χ2v) is 7.49. The van der Waals surface area contributed by atoms with Gasteiger partial charge in [0.2, 0.25) is 11.8 Å². The van der Waals surface area contributed by atoms with Crippen molar-refractivity contribution in [2.24, 2.45) is 11.8 Å². The molecule has 5 heteroatoms. The highest BCUT2D eigenvalue weighted by molar-refractivity contribution is 5.77. The van der Waals surface area contributed by atoms with Crippen LogP contribution in [0.2, 0.25) is 0 Å². The summed E-state index contributed by atoms with van der Waals surface area (Å²) in [5.74, 6) is 1.43. The molecule has 1 aromatic rings. The van der Waals surface area contributed by atoms with Crippen molar-refractivity contribution in [1.29, 1.82) is 0 Å². The van der Waals surface area contributed by atoms with Gasteiger partial charge in [0.15, 0.2) is 0 Å². The molecule has 136 valence electrons. The van der Waals surface area contributed by atoms with Gasteiger partial charge in [-0.1, -0.05) is 18.9 Å². The molecule has 1 N–H and O–H groups in total. The summed E-state index contributed by atoms with van der Waals surface area (Å²) in [5, 5.41) is 2.98. The highest BCUT2D eigenvalue weighted by Gasteiger charge is 2.24. The molecule has 2 fully saturated rings. The number of carbonyl (C=O) groups excluding carboxylic acids is 2. The molecule has 2 aliphatic rings. The van der Waals surface area contributed by atoms with E-state index in [0.717, 1.165) is 5.69 Å². The normalized spacial score (nSPS) is 17.4. The molecule has 0 radical (unpaired) electrons. The van der Waals surface area contributed by atoms with Crippen LogP contribution in [0.3, 0.4) is 0 Å². The summed E-state index contributed by atoms with van der Waals surface area (Å²) in [6, 6.07) is 5.76. The Balaban J connectivity index is 1.47. The maximum Gasteiger partial charge on any atom is 0.223 e. The van der Waals surface area contributed by atoms with Crippen molar-refractivity contribution in [2.45, 2.75) is 57.9 Å². The topological polar surface area (TPSA) is 62.3 Å². The van der Waals surface area contributed by atoms with Gasteiger partial charge in [-0.05, 0) is 49.7 Å². The van der Waals surface area contributed by atoms with Crippen LogP contribution in [0.4, 0.5) is 0 Å². The molecule has 0 aliphatic heterocycles. The second-order valence-electron chi connectivity index (χ2n) is 7.49. The van der Waals surface area contributed by atoms with E-state index >= 15 is 0 Å². The Bertz CT molecular complexity index is 568. The maximum absolute atomic E-state index is 12.6. The summed E-state index contributed by atoms with van der Waals surface area (Å²) in [6.07, 6.45) is 10.2. The van der Waals surface area contributed by atoms with Crippen LogP contribution < -0.4 is 5.32 Å². The fourth-order valence-electron chi connectivity index (χ4n) is 3.41. The van der Waals surface area contributed by atoms with Gasteiger partial charge in [0, 0.05) is 32.1 Å². The zero-order valence-electron chi connectivity index (χ0n) is 15.0. The minimum atomic E-state index is 0.119. The molecule has 0 spiro atoms. The third-order valence-corrected chi connectivity index (χ3v) is 5.52. The van der Waals surface area contributed by atoms with Gasteiger partial charge in [0.1, 0.15) is 0 Å². The van der Waals surface area contributed by atoms with Gasteiger partial charge < -0.3 is 10.2 Å². The average molecular weight is 343 g/mol. The van der Waals surface area contributed by atoms with Crippen molar-refractivity contribution >= 4 is 11.8 Å². The molecular weight excluding hydrogens is 314 g/mol. The van der Waals surface area contributed by atoms with E-state index in [1.807, 2.05) is 23.1 Å². The summed E-state index contributed by atoms with van der Waals surface area (Å²) < 4.78 is 0. The lowest BCUT2D eigenvalue weighted by Crippen LogP contribution is -2.40. The highest BCUT2D eigenvalue weighted by atomic mass is 16.2. The predicted molar refractivity (Wildman–Crippen MR) is 96.6 cm³/mol. The Morgan fingerprint density at radius 1 is 1.08 bits per heavy atom. The predicted octanol–water partition coefficient (Wildman–Crippen LogP) is 2.91. The van der Waals surface area contributed by atoms with Gasteiger partial charge in [-0.15, -0.1) is 0 Å². The maximum atomic E-state index is 12.6. The van der Waals surface area contributed by atoms with Crippen LogP contribution in [0.5, 0.6) is 0 Å². The first-order valence-corrected chi connectivity index (χ1v) is 9.65. The zero-order valence-corrected chi connectivity index (χ0v) is 15.0. The first-order valence-electron chi connectivity index (χ1n) is 9.65. The molecular formula is C20H29N3O2.